The summed E-state index contributed by atoms with van der Waals surface area (Å²) in [5.74, 6) is -0.577. The molecule has 0 aliphatic heterocycles. The molecule has 0 unspecified atom stereocenters. The quantitative estimate of drug-likeness (QED) is 0.673. The Balaban J connectivity index is 2.41. The summed E-state index contributed by atoms with van der Waals surface area (Å²) >= 11 is 0. The Morgan fingerprint density at radius 3 is 2.67 bits per heavy atom. The first-order valence-electron chi connectivity index (χ1n) is 6.29. The molecule has 1 aromatic carbocycles. The van der Waals surface area contributed by atoms with Crippen molar-refractivity contribution in [1.29, 1.82) is 0 Å². The number of aryl methyl sites for hydroxylation is 1. The van der Waals surface area contributed by atoms with Crippen molar-refractivity contribution in [3.63, 3.8) is 0 Å². The number of esters is 1. The van der Waals surface area contributed by atoms with Gasteiger partial charge in [-0.1, -0.05) is 18.2 Å². The molecule has 2 heterocycles. The van der Waals surface area contributed by atoms with E-state index in [1.165, 1.54) is 17.9 Å². The molecule has 0 aliphatic carbocycles. The van der Waals surface area contributed by atoms with Crippen molar-refractivity contribution in [1.82, 2.24) is 9.78 Å². The first kappa shape index (κ1) is 13.1. The number of methoxy groups -OCH3 is 1. The van der Waals surface area contributed by atoms with E-state index in [2.05, 4.69) is 5.10 Å². The van der Waals surface area contributed by atoms with Crippen molar-refractivity contribution < 1.29 is 13.9 Å². The van der Waals surface area contributed by atoms with Gasteiger partial charge in [0.2, 0.25) is 5.71 Å². The number of nitrogens with zero attached hydrogens (tertiary/aromatic N) is 2. The lowest BCUT2D eigenvalue weighted by Crippen LogP contribution is -2.04. The Morgan fingerprint density at radius 2 is 2.00 bits per heavy atom. The van der Waals surface area contributed by atoms with Crippen LogP contribution in [0.25, 0.3) is 16.8 Å². The van der Waals surface area contributed by atoms with Gasteiger partial charge in [0, 0.05) is 6.07 Å². The fourth-order valence-electron chi connectivity index (χ4n) is 2.21. The van der Waals surface area contributed by atoms with Crippen molar-refractivity contribution in [2.75, 3.05) is 7.11 Å². The van der Waals surface area contributed by atoms with Gasteiger partial charge in [-0.2, -0.15) is 9.78 Å². The fraction of sp³-hybridized carbons (Fsp3) is 0.133. The fourth-order valence-corrected chi connectivity index (χ4v) is 2.21. The van der Waals surface area contributed by atoms with E-state index in [4.69, 9.17) is 9.15 Å². The largest absolute Gasteiger partial charge is 0.464 e. The molecule has 0 aliphatic rings. The van der Waals surface area contributed by atoms with Crippen LogP contribution < -0.4 is 5.63 Å². The minimum atomic E-state index is -0.577. The zero-order chi connectivity index (χ0) is 15.0. The van der Waals surface area contributed by atoms with E-state index >= 15 is 0 Å². The third-order valence-corrected chi connectivity index (χ3v) is 3.15. The van der Waals surface area contributed by atoms with Crippen molar-refractivity contribution in [3.05, 3.63) is 58.1 Å². The summed E-state index contributed by atoms with van der Waals surface area (Å²) in [7, 11) is 1.28. The molecule has 0 saturated heterocycles. The Labute approximate surface area is 119 Å². The number of ether oxygens (including phenoxy) is 1. The van der Waals surface area contributed by atoms with Crippen molar-refractivity contribution in [2.45, 2.75) is 6.92 Å². The molecule has 106 valence electrons. The average Bonchev–Trinajstić information content (AvgIpc) is 2.87. The Morgan fingerprint density at radius 1 is 1.29 bits per heavy atom. The highest BCUT2D eigenvalue weighted by molar-refractivity contribution is 6.02. The van der Waals surface area contributed by atoms with Gasteiger partial charge in [0.1, 0.15) is 0 Å². The van der Waals surface area contributed by atoms with Crippen LogP contribution in [0.4, 0.5) is 0 Å². The second-order valence-corrected chi connectivity index (χ2v) is 4.52. The number of fused-ring (bicyclic) bond motifs is 1. The molecule has 0 radical (unpaired) electrons. The number of rotatable bonds is 2. The molecule has 0 N–H and O–H groups in total. The molecule has 3 aromatic rings. The van der Waals surface area contributed by atoms with E-state index in [-0.39, 0.29) is 11.4 Å². The van der Waals surface area contributed by atoms with Gasteiger partial charge in [0.05, 0.1) is 18.2 Å². The predicted octanol–water partition coefficient (Wildman–Crippen LogP) is 2.07. The molecule has 3 rings (SSSR count). The van der Waals surface area contributed by atoms with Gasteiger partial charge >= 0.3 is 11.6 Å². The van der Waals surface area contributed by atoms with E-state index in [1.807, 2.05) is 18.2 Å². The predicted molar refractivity (Wildman–Crippen MR) is 75.7 cm³/mol. The summed E-state index contributed by atoms with van der Waals surface area (Å²) in [5, 5.41) is 4.72. The standard InChI is InChI=1S/C15H12N2O4/c1-9-8-11(18)21-14-12(9)13(15(19)20-2)16-17(14)10-6-4-3-5-7-10/h3-8H,1-2H3. The summed E-state index contributed by atoms with van der Waals surface area (Å²) < 4.78 is 11.4. The van der Waals surface area contributed by atoms with Crippen LogP contribution in [0.5, 0.6) is 0 Å². The average molecular weight is 284 g/mol. The lowest BCUT2D eigenvalue weighted by atomic mass is 10.2. The van der Waals surface area contributed by atoms with Crippen LogP contribution in [-0.2, 0) is 4.74 Å². The molecule has 2 aromatic heterocycles. The third-order valence-electron chi connectivity index (χ3n) is 3.15. The minimum absolute atomic E-state index is 0.123. The van der Waals surface area contributed by atoms with Gasteiger partial charge in [-0.3, -0.25) is 0 Å². The number of carbonyl (C=O) groups is 1. The number of aromatic nitrogens is 2. The molecule has 0 saturated carbocycles. The molecule has 0 spiro atoms. The van der Waals surface area contributed by atoms with Gasteiger partial charge in [0.15, 0.2) is 5.69 Å². The lowest BCUT2D eigenvalue weighted by Gasteiger charge is -2.01. The smallest absolute Gasteiger partial charge is 0.359 e. The van der Waals surface area contributed by atoms with E-state index < -0.39 is 11.6 Å². The normalized spacial score (nSPS) is 10.8. The molecule has 0 bridgehead atoms. The molecule has 6 heteroatoms. The van der Waals surface area contributed by atoms with Crippen LogP contribution >= 0.6 is 0 Å². The van der Waals surface area contributed by atoms with Gasteiger partial charge in [0.25, 0.3) is 0 Å². The first-order chi connectivity index (χ1) is 10.1. The SMILES string of the molecule is COC(=O)c1nn(-c2ccccc2)c2oc(=O)cc(C)c12. The van der Waals surface area contributed by atoms with Gasteiger partial charge < -0.3 is 9.15 Å². The molecule has 0 amide bonds. The maximum absolute atomic E-state index is 11.9. The van der Waals surface area contributed by atoms with Gasteiger partial charge in [-0.05, 0) is 24.6 Å². The summed E-state index contributed by atoms with van der Waals surface area (Å²) in [6, 6.07) is 10.4. The number of para-hydroxylation sites is 1. The Hall–Kier alpha value is -2.89. The maximum atomic E-state index is 11.9. The van der Waals surface area contributed by atoms with Crippen LogP contribution in [0, 0.1) is 6.92 Å². The van der Waals surface area contributed by atoms with E-state index in [9.17, 15) is 9.59 Å². The number of benzene rings is 1. The second kappa shape index (κ2) is 4.90. The molecule has 0 fully saturated rings. The summed E-state index contributed by atoms with van der Waals surface area (Å²) in [5.41, 5.74) is 1.16. The van der Waals surface area contributed by atoms with Crippen molar-refractivity contribution in [2.24, 2.45) is 0 Å². The summed E-state index contributed by atoms with van der Waals surface area (Å²) in [6.45, 7) is 1.72. The zero-order valence-corrected chi connectivity index (χ0v) is 11.5. The maximum Gasteiger partial charge on any atom is 0.359 e. The van der Waals surface area contributed by atoms with Gasteiger partial charge in [-0.15, -0.1) is 0 Å². The molecular formula is C15H12N2O4. The topological polar surface area (TPSA) is 74.3 Å². The van der Waals surface area contributed by atoms with Crippen LogP contribution in [0.15, 0.2) is 45.6 Å². The second-order valence-electron chi connectivity index (χ2n) is 4.52. The van der Waals surface area contributed by atoms with Crippen LogP contribution in [-0.4, -0.2) is 22.9 Å². The number of hydrogen-bond acceptors (Lipinski definition) is 5. The van der Waals surface area contributed by atoms with Crippen molar-refractivity contribution >= 4 is 17.1 Å². The Bertz CT molecular complexity index is 878. The molecule has 0 atom stereocenters. The third kappa shape index (κ3) is 2.10. The number of hydrogen-bond donors (Lipinski definition) is 0. The van der Waals surface area contributed by atoms with Gasteiger partial charge in [-0.25, -0.2) is 9.59 Å². The van der Waals surface area contributed by atoms with E-state index in [0.29, 0.717) is 16.6 Å². The minimum Gasteiger partial charge on any atom is -0.464 e. The number of carbonyl (C=O) groups excluding carboxylic acids is 1. The summed E-state index contributed by atoms with van der Waals surface area (Å²) in [4.78, 5) is 23.5. The zero-order valence-electron chi connectivity index (χ0n) is 11.5. The monoisotopic (exact) mass is 284 g/mol. The molecule has 21 heavy (non-hydrogen) atoms. The lowest BCUT2D eigenvalue weighted by molar-refractivity contribution is 0.0595. The van der Waals surface area contributed by atoms with Crippen LogP contribution in [0.3, 0.4) is 0 Å². The molecular weight excluding hydrogens is 272 g/mol. The van der Waals surface area contributed by atoms with Crippen LogP contribution in [0.1, 0.15) is 16.1 Å². The highest BCUT2D eigenvalue weighted by atomic mass is 16.5. The highest BCUT2D eigenvalue weighted by Crippen LogP contribution is 2.24. The van der Waals surface area contributed by atoms with E-state index in [0.717, 1.165) is 0 Å². The Kier molecular flexibility index (Phi) is 3.06. The van der Waals surface area contributed by atoms with Crippen LogP contribution in [0.2, 0.25) is 0 Å². The molecule has 6 nitrogen and oxygen atoms in total. The summed E-state index contributed by atoms with van der Waals surface area (Å²) in [6.07, 6.45) is 0. The first-order valence-corrected chi connectivity index (χ1v) is 6.29. The van der Waals surface area contributed by atoms with Crippen molar-refractivity contribution in [3.8, 4) is 5.69 Å². The highest BCUT2D eigenvalue weighted by Gasteiger charge is 2.22. The van der Waals surface area contributed by atoms with E-state index in [1.54, 1.807) is 19.1 Å².